The third kappa shape index (κ3) is 6.65. The van der Waals surface area contributed by atoms with Crippen molar-refractivity contribution in [2.24, 2.45) is 22.7 Å². The Balaban J connectivity index is 0.000000361. The van der Waals surface area contributed by atoms with Crippen LogP contribution in [0.3, 0.4) is 0 Å². The van der Waals surface area contributed by atoms with Crippen LogP contribution < -0.4 is 0 Å². The van der Waals surface area contributed by atoms with E-state index < -0.39 is 71.0 Å². The summed E-state index contributed by atoms with van der Waals surface area (Å²) in [5.41, 5.74) is -8.17. The van der Waals surface area contributed by atoms with Gasteiger partial charge in [-0.3, -0.25) is 9.59 Å². The van der Waals surface area contributed by atoms with Gasteiger partial charge in [0.05, 0.1) is 24.5 Å². The molecule has 260 valence electrons. The number of carbonyl (C=O) groups is 2. The second kappa shape index (κ2) is 12.4. The first kappa shape index (κ1) is 40.1. The van der Waals surface area contributed by atoms with E-state index in [1.165, 1.54) is 21.0 Å². The summed E-state index contributed by atoms with van der Waals surface area (Å²) in [6.45, 7) is 9.45. The predicted molar refractivity (Wildman–Crippen MR) is 133 cm³/mol. The Bertz CT molecular complexity index is 1040. The molecule has 2 aliphatic carbocycles. The van der Waals surface area contributed by atoms with Gasteiger partial charge in [0.1, 0.15) is 0 Å². The maximum Gasteiger partial charge on any atom is 0.449 e. The summed E-state index contributed by atoms with van der Waals surface area (Å²) in [4.78, 5) is 22.7. The van der Waals surface area contributed by atoms with Gasteiger partial charge in [-0.05, 0) is 66.7 Å². The van der Waals surface area contributed by atoms with Crippen molar-refractivity contribution in [1.82, 2.24) is 0 Å². The summed E-state index contributed by atoms with van der Waals surface area (Å²) in [5.74, 6) is -17.4. The van der Waals surface area contributed by atoms with Gasteiger partial charge >= 0.3 is 36.0 Å². The molecule has 44 heavy (non-hydrogen) atoms. The number of carbonyl (C=O) groups excluding carboxylic acids is 2. The molecule has 0 spiro atoms. The molecule has 1 aliphatic heterocycles. The fourth-order valence-electron chi connectivity index (χ4n) is 4.74. The van der Waals surface area contributed by atoms with Crippen LogP contribution in [0.4, 0.5) is 43.9 Å². The van der Waals surface area contributed by atoms with Crippen molar-refractivity contribution in [2.75, 3.05) is 13.7 Å². The lowest BCUT2D eigenvalue weighted by Gasteiger charge is -2.40. The van der Waals surface area contributed by atoms with Crippen molar-refractivity contribution >= 4 is 11.9 Å². The predicted octanol–water partition coefficient (Wildman–Crippen LogP) is 6.58. The largest absolute Gasteiger partial charge is 0.469 e. The highest BCUT2D eigenvalue weighted by atomic mass is 19.4. The van der Waals surface area contributed by atoms with Crippen molar-refractivity contribution in [3.05, 3.63) is 0 Å². The smallest absolute Gasteiger partial charge is 0.449 e. The molecule has 0 aromatic rings. The lowest BCUT2D eigenvalue weighted by atomic mass is 9.80. The van der Waals surface area contributed by atoms with E-state index in [4.69, 9.17) is 0 Å². The topological polar surface area (TPSA) is 102 Å². The Kier molecular flexibility index (Phi) is 11.3. The molecule has 2 N–H and O–H groups in total. The van der Waals surface area contributed by atoms with E-state index >= 15 is 0 Å². The average molecular weight is 667 g/mol. The highest BCUT2D eigenvalue weighted by Gasteiger charge is 2.83. The summed E-state index contributed by atoms with van der Waals surface area (Å²) in [6.07, 6.45) is -10.0. The first-order valence-corrected chi connectivity index (χ1v) is 13.7. The molecule has 3 rings (SSSR count). The fourth-order valence-corrected chi connectivity index (χ4v) is 4.74. The zero-order valence-corrected chi connectivity index (χ0v) is 25.6. The zero-order valence-electron chi connectivity index (χ0n) is 25.6. The Morgan fingerprint density at radius 3 is 1.52 bits per heavy atom. The quantitative estimate of drug-likeness (QED) is 0.253. The van der Waals surface area contributed by atoms with Crippen LogP contribution in [-0.2, 0) is 23.8 Å². The number of ether oxygens (including phenoxy) is 3. The van der Waals surface area contributed by atoms with E-state index in [-0.39, 0.29) is 37.1 Å². The van der Waals surface area contributed by atoms with Crippen molar-refractivity contribution in [3.63, 3.8) is 0 Å². The number of aliphatic hydroxyl groups is 2. The number of hydrogen-bond donors (Lipinski definition) is 2. The van der Waals surface area contributed by atoms with Crippen molar-refractivity contribution in [3.8, 4) is 0 Å². The summed E-state index contributed by atoms with van der Waals surface area (Å²) in [6, 6.07) is 0. The molecule has 0 radical (unpaired) electrons. The molecule has 1 heterocycles. The lowest BCUT2D eigenvalue weighted by molar-refractivity contribution is -0.409. The van der Waals surface area contributed by atoms with Gasteiger partial charge in [-0.1, -0.05) is 13.8 Å². The molecule has 3 aliphatic rings. The van der Waals surface area contributed by atoms with Crippen LogP contribution in [0.15, 0.2) is 0 Å². The van der Waals surface area contributed by atoms with Gasteiger partial charge in [-0.2, -0.15) is 35.1 Å². The first-order chi connectivity index (χ1) is 19.4. The number of fused-ring (bicyclic) bond motifs is 2. The summed E-state index contributed by atoms with van der Waals surface area (Å²) < 4.78 is 142. The van der Waals surface area contributed by atoms with Gasteiger partial charge in [-0.15, -0.1) is 0 Å². The van der Waals surface area contributed by atoms with Crippen LogP contribution in [0.5, 0.6) is 0 Å². The molecule has 7 nitrogen and oxygen atoms in total. The van der Waals surface area contributed by atoms with Crippen LogP contribution in [0.25, 0.3) is 0 Å². The number of alkyl halides is 10. The van der Waals surface area contributed by atoms with E-state index in [0.717, 1.165) is 6.42 Å². The third-order valence-electron chi connectivity index (χ3n) is 8.88. The summed E-state index contributed by atoms with van der Waals surface area (Å²) in [5, 5.41) is 18.3. The van der Waals surface area contributed by atoms with Gasteiger partial charge in [0.15, 0.2) is 0 Å². The standard InChI is InChI=1S/C12H17F5O4.C8H9F5O.C7H14O2/c1-5-8(2,3)7(18)21-9(4)6-20-11(19,10(9,13)14)12(15,16)17;9-7(10)5-2-1-4(3-5)6(7,14)8(11,12)13;1-5-7(2,3)6(8)9-4/h19H,5-6H2,1-4H3;4-5,14H,1-3H2;5H2,1-4H3. The molecule has 3 fully saturated rings. The summed E-state index contributed by atoms with van der Waals surface area (Å²) in [7, 11) is 1.42. The monoisotopic (exact) mass is 666 g/mol. The van der Waals surface area contributed by atoms with E-state index in [9.17, 15) is 63.7 Å². The number of methoxy groups -OCH3 is 1. The van der Waals surface area contributed by atoms with Crippen molar-refractivity contribution in [2.45, 2.75) is 122 Å². The molecule has 0 amide bonds. The minimum atomic E-state index is -5.74. The highest BCUT2D eigenvalue weighted by Crippen LogP contribution is 2.64. The van der Waals surface area contributed by atoms with E-state index in [2.05, 4.69) is 14.2 Å². The van der Waals surface area contributed by atoms with Crippen LogP contribution in [0.2, 0.25) is 0 Å². The van der Waals surface area contributed by atoms with Crippen LogP contribution in [0, 0.1) is 22.7 Å². The zero-order chi connectivity index (χ0) is 35.2. The normalized spacial score (nSPS) is 32.6. The molecule has 5 atom stereocenters. The summed E-state index contributed by atoms with van der Waals surface area (Å²) >= 11 is 0. The lowest BCUT2D eigenvalue weighted by Crippen LogP contribution is -2.63. The third-order valence-corrected chi connectivity index (χ3v) is 8.88. The average Bonchev–Trinajstić information content (AvgIpc) is 3.52. The molecular weight excluding hydrogens is 626 g/mol. The van der Waals surface area contributed by atoms with E-state index in [1.807, 2.05) is 20.8 Å². The first-order valence-electron chi connectivity index (χ1n) is 13.7. The molecule has 2 saturated carbocycles. The SMILES string of the molecule is CCC(C)(C)C(=O)OC.CCC(C)(C)C(=O)OC1(C)COC(O)(C(F)(F)F)C1(F)F.OC1(C(F)(F)F)C2CCC(C2)C1(F)F. The molecular formula is C27H40F10O7. The Hall–Kier alpha value is -1.88. The van der Waals surface area contributed by atoms with Gasteiger partial charge in [0.25, 0.3) is 5.92 Å². The fraction of sp³-hybridized carbons (Fsp3) is 0.926. The molecule has 1 saturated heterocycles. The number of esters is 2. The van der Waals surface area contributed by atoms with Crippen molar-refractivity contribution in [1.29, 1.82) is 0 Å². The maximum atomic E-state index is 14.0. The molecule has 0 aromatic heterocycles. The minimum Gasteiger partial charge on any atom is -0.469 e. The van der Waals surface area contributed by atoms with Crippen LogP contribution in [0.1, 0.15) is 80.6 Å². The highest BCUT2D eigenvalue weighted by molar-refractivity contribution is 5.76. The Morgan fingerprint density at radius 2 is 1.25 bits per heavy atom. The van der Waals surface area contributed by atoms with Crippen LogP contribution >= 0.6 is 0 Å². The minimum absolute atomic E-state index is 0.0380. The number of halogens is 10. The second-order valence-electron chi connectivity index (χ2n) is 12.7. The number of hydrogen-bond acceptors (Lipinski definition) is 7. The van der Waals surface area contributed by atoms with Gasteiger partial charge in [0, 0.05) is 11.8 Å². The van der Waals surface area contributed by atoms with Gasteiger partial charge in [-0.25, -0.2) is 8.78 Å². The van der Waals surface area contributed by atoms with E-state index in [0.29, 0.717) is 6.92 Å². The van der Waals surface area contributed by atoms with E-state index in [1.54, 1.807) is 6.92 Å². The second-order valence-corrected chi connectivity index (χ2v) is 12.7. The van der Waals surface area contributed by atoms with Gasteiger partial charge in [0.2, 0.25) is 11.2 Å². The Morgan fingerprint density at radius 1 is 0.818 bits per heavy atom. The number of rotatable bonds is 5. The van der Waals surface area contributed by atoms with Crippen molar-refractivity contribution < 1.29 is 77.9 Å². The molecule has 0 aromatic carbocycles. The Labute approximate surface area is 248 Å². The van der Waals surface area contributed by atoms with Crippen LogP contribution in [-0.4, -0.2) is 77.1 Å². The molecule has 17 heteroatoms. The molecule has 2 bridgehead atoms. The maximum absolute atomic E-state index is 14.0. The molecule has 5 unspecified atom stereocenters. The van der Waals surface area contributed by atoms with Gasteiger partial charge < -0.3 is 24.4 Å².